The van der Waals surface area contributed by atoms with Crippen molar-refractivity contribution >= 4 is 10.0 Å². The molecular formula is C14H20N4O2S. The van der Waals surface area contributed by atoms with Gasteiger partial charge in [0.05, 0.1) is 11.4 Å². The van der Waals surface area contributed by atoms with E-state index >= 15 is 0 Å². The highest BCUT2D eigenvalue weighted by molar-refractivity contribution is 7.89. The standard InChI is InChI=1S/C14H20N4O2S/c1-11-14(12(2)18-17-11)21(19,20)16-9-4-3-6-13-7-5-8-15-10-13/h5,7-8,10,16H,3-4,6,9H2,1-2H3,(H,17,18). The summed E-state index contributed by atoms with van der Waals surface area (Å²) in [6, 6.07) is 3.93. The second-order valence-corrected chi connectivity index (χ2v) is 6.68. The molecule has 0 spiro atoms. The zero-order chi connectivity index (χ0) is 15.3. The summed E-state index contributed by atoms with van der Waals surface area (Å²) in [6.07, 6.45) is 6.18. The molecule has 6 nitrogen and oxygen atoms in total. The lowest BCUT2D eigenvalue weighted by molar-refractivity contribution is 0.575. The Morgan fingerprint density at radius 3 is 2.71 bits per heavy atom. The van der Waals surface area contributed by atoms with Gasteiger partial charge in [-0.3, -0.25) is 10.1 Å². The number of pyridine rings is 1. The smallest absolute Gasteiger partial charge is 0.244 e. The maximum Gasteiger partial charge on any atom is 0.244 e. The lowest BCUT2D eigenvalue weighted by Crippen LogP contribution is -2.25. The van der Waals surface area contributed by atoms with Crippen molar-refractivity contribution in [2.24, 2.45) is 0 Å². The summed E-state index contributed by atoms with van der Waals surface area (Å²) >= 11 is 0. The molecule has 7 heteroatoms. The van der Waals surface area contributed by atoms with Gasteiger partial charge in [0.1, 0.15) is 4.90 Å². The topological polar surface area (TPSA) is 87.7 Å². The van der Waals surface area contributed by atoms with Gasteiger partial charge in [0, 0.05) is 18.9 Å². The van der Waals surface area contributed by atoms with Crippen molar-refractivity contribution < 1.29 is 8.42 Å². The van der Waals surface area contributed by atoms with Crippen LogP contribution in [-0.2, 0) is 16.4 Å². The third kappa shape index (κ3) is 4.12. The Bertz CT molecular complexity index is 661. The van der Waals surface area contributed by atoms with Crippen molar-refractivity contribution in [3.05, 3.63) is 41.5 Å². The molecule has 2 N–H and O–H groups in total. The van der Waals surface area contributed by atoms with Gasteiger partial charge in [-0.1, -0.05) is 6.07 Å². The first-order valence-corrected chi connectivity index (χ1v) is 8.39. The van der Waals surface area contributed by atoms with Gasteiger partial charge in [-0.2, -0.15) is 5.10 Å². The summed E-state index contributed by atoms with van der Waals surface area (Å²) < 4.78 is 27.0. The van der Waals surface area contributed by atoms with Crippen LogP contribution in [0.2, 0.25) is 0 Å². The van der Waals surface area contributed by atoms with Gasteiger partial charge in [0.15, 0.2) is 0 Å². The fourth-order valence-electron chi connectivity index (χ4n) is 2.22. The van der Waals surface area contributed by atoms with Gasteiger partial charge in [0.2, 0.25) is 10.0 Å². The molecule has 0 aromatic carbocycles. The van der Waals surface area contributed by atoms with Crippen LogP contribution in [0.25, 0.3) is 0 Å². The number of nitrogens with one attached hydrogen (secondary N) is 2. The molecular weight excluding hydrogens is 288 g/mol. The fraction of sp³-hybridized carbons (Fsp3) is 0.429. The molecule has 0 amide bonds. The second kappa shape index (κ2) is 6.82. The molecule has 21 heavy (non-hydrogen) atoms. The molecule has 0 saturated heterocycles. The maximum atomic E-state index is 12.2. The molecule has 2 aromatic heterocycles. The highest BCUT2D eigenvalue weighted by Crippen LogP contribution is 2.16. The zero-order valence-electron chi connectivity index (χ0n) is 12.3. The van der Waals surface area contributed by atoms with Gasteiger partial charge >= 0.3 is 0 Å². The van der Waals surface area contributed by atoms with E-state index in [2.05, 4.69) is 19.9 Å². The fourth-order valence-corrected chi connectivity index (χ4v) is 3.66. The van der Waals surface area contributed by atoms with E-state index in [-0.39, 0.29) is 4.90 Å². The first-order valence-electron chi connectivity index (χ1n) is 6.91. The summed E-state index contributed by atoms with van der Waals surface area (Å²) in [5, 5.41) is 6.61. The predicted octanol–water partition coefficient (Wildman–Crippen LogP) is 1.72. The number of nitrogens with zero attached hydrogens (tertiary/aromatic N) is 2. The summed E-state index contributed by atoms with van der Waals surface area (Å²) in [7, 11) is -3.48. The Kier molecular flexibility index (Phi) is 5.08. The van der Waals surface area contributed by atoms with E-state index in [1.807, 2.05) is 18.3 Å². The van der Waals surface area contributed by atoms with E-state index in [0.717, 1.165) is 19.3 Å². The van der Waals surface area contributed by atoms with Gasteiger partial charge in [-0.15, -0.1) is 0 Å². The van der Waals surface area contributed by atoms with E-state index in [1.54, 1.807) is 20.0 Å². The van der Waals surface area contributed by atoms with Crippen LogP contribution in [0, 0.1) is 13.8 Å². The lowest BCUT2D eigenvalue weighted by atomic mass is 10.1. The van der Waals surface area contributed by atoms with Crippen LogP contribution in [0.5, 0.6) is 0 Å². The number of aryl methyl sites for hydroxylation is 3. The van der Waals surface area contributed by atoms with Crippen molar-refractivity contribution in [1.82, 2.24) is 19.9 Å². The van der Waals surface area contributed by atoms with Crippen molar-refractivity contribution in [3.8, 4) is 0 Å². The SMILES string of the molecule is Cc1n[nH]c(C)c1S(=O)(=O)NCCCCc1cccnc1. The minimum absolute atomic E-state index is 0.259. The van der Waals surface area contributed by atoms with E-state index in [0.29, 0.717) is 17.9 Å². The summed E-state index contributed by atoms with van der Waals surface area (Å²) in [5.41, 5.74) is 2.23. The van der Waals surface area contributed by atoms with Gasteiger partial charge in [-0.25, -0.2) is 13.1 Å². The molecule has 0 bridgehead atoms. The first kappa shape index (κ1) is 15.7. The number of H-pyrrole nitrogens is 1. The van der Waals surface area contributed by atoms with Crippen LogP contribution in [0.15, 0.2) is 29.4 Å². The van der Waals surface area contributed by atoms with Crippen LogP contribution < -0.4 is 4.72 Å². The number of aromatic nitrogens is 3. The highest BCUT2D eigenvalue weighted by atomic mass is 32.2. The quantitative estimate of drug-likeness (QED) is 0.762. The number of sulfonamides is 1. The Morgan fingerprint density at radius 1 is 1.29 bits per heavy atom. The average molecular weight is 308 g/mol. The monoisotopic (exact) mass is 308 g/mol. The molecule has 2 aromatic rings. The molecule has 0 fully saturated rings. The van der Waals surface area contributed by atoms with Crippen LogP contribution in [-0.4, -0.2) is 30.1 Å². The van der Waals surface area contributed by atoms with Gasteiger partial charge < -0.3 is 0 Å². The van der Waals surface area contributed by atoms with Crippen LogP contribution in [0.3, 0.4) is 0 Å². The van der Waals surface area contributed by atoms with Crippen molar-refractivity contribution in [2.45, 2.75) is 38.0 Å². The molecule has 0 atom stereocenters. The van der Waals surface area contributed by atoms with E-state index in [9.17, 15) is 8.42 Å². The number of unbranched alkanes of at least 4 members (excludes halogenated alkanes) is 1. The molecule has 0 aliphatic carbocycles. The average Bonchev–Trinajstić information content (AvgIpc) is 2.79. The summed E-state index contributed by atoms with van der Waals surface area (Å²) in [4.78, 5) is 4.31. The van der Waals surface area contributed by atoms with Crippen molar-refractivity contribution in [3.63, 3.8) is 0 Å². The van der Waals surface area contributed by atoms with E-state index in [1.165, 1.54) is 5.56 Å². The van der Waals surface area contributed by atoms with Crippen molar-refractivity contribution in [1.29, 1.82) is 0 Å². The zero-order valence-corrected chi connectivity index (χ0v) is 13.1. The first-order chi connectivity index (χ1) is 10.0. The number of hydrogen-bond acceptors (Lipinski definition) is 4. The summed E-state index contributed by atoms with van der Waals surface area (Å²) in [5.74, 6) is 0. The Morgan fingerprint density at radius 2 is 2.10 bits per heavy atom. The van der Waals surface area contributed by atoms with Crippen molar-refractivity contribution in [2.75, 3.05) is 6.54 Å². The Balaban J connectivity index is 1.81. The third-order valence-corrected chi connectivity index (χ3v) is 4.96. The molecule has 0 unspecified atom stereocenters. The number of aromatic amines is 1. The number of hydrogen-bond donors (Lipinski definition) is 2. The molecule has 114 valence electrons. The molecule has 0 saturated carbocycles. The van der Waals surface area contributed by atoms with Crippen LogP contribution >= 0.6 is 0 Å². The largest absolute Gasteiger partial charge is 0.281 e. The number of rotatable bonds is 7. The highest BCUT2D eigenvalue weighted by Gasteiger charge is 2.21. The normalized spacial score (nSPS) is 11.7. The molecule has 0 aliphatic heterocycles. The van der Waals surface area contributed by atoms with E-state index in [4.69, 9.17) is 0 Å². The molecule has 0 aliphatic rings. The van der Waals surface area contributed by atoms with Crippen LogP contribution in [0.4, 0.5) is 0 Å². The maximum absolute atomic E-state index is 12.2. The van der Waals surface area contributed by atoms with Gasteiger partial charge in [0.25, 0.3) is 0 Å². The third-order valence-electron chi connectivity index (χ3n) is 3.24. The molecule has 0 radical (unpaired) electrons. The Hall–Kier alpha value is -1.73. The Labute approximate surface area is 125 Å². The van der Waals surface area contributed by atoms with Crippen LogP contribution in [0.1, 0.15) is 29.8 Å². The van der Waals surface area contributed by atoms with E-state index < -0.39 is 10.0 Å². The predicted molar refractivity (Wildman–Crippen MR) is 80.4 cm³/mol. The minimum Gasteiger partial charge on any atom is -0.281 e. The molecule has 2 heterocycles. The summed E-state index contributed by atoms with van der Waals surface area (Å²) in [6.45, 7) is 3.81. The molecule has 2 rings (SSSR count). The van der Waals surface area contributed by atoms with Gasteiger partial charge in [-0.05, 0) is 44.7 Å². The lowest BCUT2D eigenvalue weighted by Gasteiger charge is -2.07. The second-order valence-electron chi connectivity index (χ2n) is 4.98. The minimum atomic E-state index is -3.48.